The second-order valence-corrected chi connectivity index (χ2v) is 15.3. The number of ether oxygens (including phenoxy) is 4. The monoisotopic (exact) mass is 714 g/mol. The molecule has 52 heavy (non-hydrogen) atoms. The van der Waals surface area contributed by atoms with Crippen LogP contribution in [0.1, 0.15) is 151 Å². The molecule has 4 rings (SSSR count). The van der Waals surface area contributed by atoms with Crippen molar-refractivity contribution in [1.29, 1.82) is 0 Å². The molecule has 0 N–H and O–H groups in total. The Labute approximate surface area is 314 Å². The van der Waals surface area contributed by atoms with Crippen LogP contribution in [0.25, 0.3) is 0 Å². The summed E-state index contributed by atoms with van der Waals surface area (Å²) >= 11 is 0. The largest absolute Gasteiger partial charge is 0.490 e. The van der Waals surface area contributed by atoms with Crippen LogP contribution in [0.15, 0.2) is 72.8 Å². The van der Waals surface area contributed by atoms with Crippen LogP contribution in [-0.2, 0) is 9.47 Å². The van der Waals surface area contributed by atoms with E-state index in [1.165, 1.54) is 103 Å². The molecular weight excluding hydrogens is 648 g/mol. The molecule has 0 radical (unpaired) electrons. The van der Waals surface area contributed by atoms with E-state index >= 15 is 0 Å². The molecule has 2 aliphatic rings. The van der Waals surface area contributed by atoms with E-state index in [0.29, 0.717) is 47.7 Å². The number of unbranched alkanes of at least 4 members (excludes halogenated alkanes) is 4. The highest BCUT2D eigenvalue weighted by Gasteiger charge is 2.23. The van der Waals surface area contributed by atoms with Crippen LogP contribution >= 0.6 is 0 Å². The minimum atomic E-state index is -0.630. The molecule has 0 unspecified atom stereocenters. The fourth-order valence-electron chi connectivity index (χ4n) is 7.53. The number of carbonyl (C=O) groups is 2. The van der Waals surface area contributed by atoms with Crippen molar-refractivity contribution >= 4 is 11.9 Å². The number of esters is 2. The highest BCUT2D eigenvalue weighted by atomic mass is 16.6. The molecule has 0 aliphatic heterocycles. The molecule has 0 heterocycles. The Morgan fingerprint density at radius 3 is 1.29 bits per heavy atom. The molecule has 2 atom stereocenters. The first-order valence-corrected chi connectivity index (χ1v) is 20.6. The number of hydrogen-bond acceptors (Lipinski definition) is 6. The quantitative estimate of drug-likeness (QED) is 0.0728. The molecule has 6 nitrogen and oxygen atoms in total. The zero-order valence-corrected chi connectivity index (χ0v) is 32.6. The molecule has 0 amide bonds. The van der Waals surface area contributed by atoms with Gasteiger partial charge in [-0.1, -0.05) is 89.5 Å². The van der Waals surface area contributed by atoms with E-state index in [1.807, 2.05) is 0 Å². The van der Waals surface area contributed by atoms with Crippen molar-refractivity contribution in [3.63, 3.8) is 0 Å². The zero-order chi connectivity index (χ0) is 37.0. The zero-order valence-electron chi connectivity index (χ0n) is 32.6. The predicted molar refractivity (Wildman–Crippen MR) is 211 cm³/mol. The smallest absolute Gasteiger partial charge is 0.338 e. The molecule has 2 aromatic carbocycles. The molecule has 6 heteroatoms. The normalized spacial score (nSPS) is 21.8. The van der Waals surface area contributed by atoms with Gasteiger partial charge in [0, 0.05) is 0 Å². The summed E-state index contributed by atoms with van der Waals surface area (Å²) in [7, 11) is 0. The lowest BCUT2D eigenvalue weighted by Gasteiger charge is -2.26. The lowest BCUT2D eigenvalue weighted by molar-refractivity contribution is -0.0239. The number of carbonyl (C=O) groups excluding carboxylic acids is 2. The van der Waals surface area contributed by atoms with E-state index < -0.39 is 24.1 Å². The van der Waals surface area contributed by atoms with Gasteiger partial charge >= 0.3 is 11.9 Å². The standard InChI is InChI=1S/C46H66O6/c1-5-7-9-13-37-17-21-39(22-18-37)15-11-33-49-43-29-25-41(26-30-43)45(47)51-35(3)36(4)52-46(48)42-27-31-44(32-28-42)50-34-12-16-40-23-19-38(20-24-40)14-10-8-6-2/h11-12,15-16,25-32,35-40H,5-10,13-14,17-24,33-34H2,1-4H3/t35-,36-,37-,38-,39-,40-/m1/s1. The van der Waals surface area contributed by atoms with Crippen molar-refractivity contribution in [2.24, 2.45) is 23.7 Å². The summed E-state index contributed by atoms with van der Waals surface area (Å²) in [5.74, 6) is 3.60. The van der Waals surface area contributed by atoms with E-state index in [1.54, 1.807) is 62.4 Å². The summed E-state index contributed by atoms with van der Waals surface area (Å²) in [4.78, 5) is 25.6. The third-order valence-corrected chi connectivity index (χ3v) is 11.2. The van der Waals surface area contributed by atoms with Gasteiger partial charge in [-0.2, -0.15) is 0 Å². The number of benzene rings is 2. The summed E-state index contributed by atoms with van der Waals surface area (Å²) < 4.78 is 23.0. The molecule has 0 spiro atoms. The van der Waals surface area contributed by atoms with Crippen LogP contribution in [-0.4, -0.2) is 37.4 Å². The Balaban J connectivity index is 1.09. The van der Waals surface area contributed by atoms with Crippen molar-refractivity contribution in [2.45, 2.75) is 143 Å². The Morgan fingerprint density at radius 1 is 0.577 bits per heavy atom. The molecule has 0 aromatic heterocycles. The van der Waals surface area contributed by atoms with Gasteiger partial charge < -0.3 is 18.9 Å². The van der Waals surface area contributed by atoms with Gasteiger partial charge in [0.2, 0.25) is 0 Å². The number of allylic oxidation sites excluding steroid dienone is 2. The highest BCUT2D eigenvalue weighted by Crippen LogP contribution is 2.34. The Kier molecular flexibility index (Phi) is 18.4. The summed E-state index contributed by atoms with van der Waals surface area (Å²) in [5, 5.41) is 0. The van der Waals surface area contributed by atoms with Gasteiger partial charge in [0.1, 0.15) is 36.9 Å². The fourth-order valence-corrected chi connectivity index (χ4v) is 7.53. The maximum Gasteiger partial charge on any atom is 0.338 e. The Hall–Kier alpha value is -3.54. The summed E-state index contributed by atoms with van der Waals surface area (Å²) in [6.07, 6.45) is 29.0. The number of hydrogen-bond donors (Lipinski definition) is 0. The van der Waals surface area contributed by atoms with Gasteiger partial charge in [-0.05, 0) is 137 Å². The summed E-state index contributed by atoms with van der Waals surface area (Å²) in [6, 6.07) is 13.9. The third kappa shape index (κ3) is 14.8. The summed E-state index contributed by atoms with van der Waals surface area (Å²) in [5.41, 5.74) is 0.833. The van der Waals surface area contributed by atoms with E-state index in [4.69, 9.17) is 18.9 Å². The molecule has 2 saturated carbocycles. The van der Waals surface area contributed by atoms with Crippen molar-refractivity contribution < 1.29 is 28.5 Å². The van der Waals surface area contributed by atoms with Crippen molar-refractivity contribution in [3.05, 3.63) is 84.0 Å². The maximum atomic E-state index is 12.8. The second kappa shape index (κ2) is 23.2. The van der Waals surface area contributed by atoms with E-state index in [0.717, 1.165) is 11.8 Å². The minimum absolute atomic E-state index is 0.416. The molecular formula is C46H66O6. The van der Waals surface area contributed by atoms with Crippen LogP contribution in [0.2, 0.25) is 0 Å². The minimum Gasteiger partial charge on any atom is -0.490 e. The fraction of sp³-hybridized carbons (Fsp3) is 0.609. The predicted octanol–water partition coefficient (Wildman–Crippen LogP) is 12.1. The van der Waals surface area contributed by atoms with Gasteiger partial charge in [0.05, 0.1) is 11.1 Å². The van der Waals surface area contributed by atoms with Crippen LogP contribution in [0.5, 0.6) is 11.5 Å². The first-order chi connectivity index (χ1) is 25.3. The van der Waals surface area contributed by atoms with E-state index in [-0.39, 0.29) is 0 Å². The molecule has 0 bridgehead atoms. The van der Waals surface area contributed by atoms with E-state index in [9.17, 15) is 9.59 Å². The van der Waals surface area contributed by atoms with Gasteiger partial charge in [-0.15, -0.1) is 0 Å². The van der Waals surface area contributed by atoms with Crippen LogP contribution in [0.4, 0.5) is 0 Å². The van der Waals surface area contributed by atoms with Gasteiger partial charge in [0.15, 0.2) is 0 Å². The molecule has 2 fully saturated rings. The summed E-state index contributed by atoms with van der Waals surface area (Å²) in [6.45, 7) is 9.01. The lowest BCUT2D eigenvalue weighted by atomic mass is 9.79. The van der Waals surface area contributed by atoms with Crippen LogP contribution < -0.4 is 9.47 Å². The van der Waals surface area contributed by atoms with Crippen molar-refractivity contribution in [2.75, 3.05) is 13.2 Å². The topological polar surface area (TPSA) is 71.1 Å². The third-order valence-electron chi connectivity index (χ3n) is 11.2. The first-order valence-electron chi connectivity index (χ1n) is 20.6. The molecule has 2 aliphatic carbocycles. The van der Waals surface area contributed by atoms with Crippen LogP contribution in [0.3, 0.4) is 0 Å². The average Bonchev–Trinajstić information content (AvgIpc) is 3.17. The maximum absolute atomic E-state index is 12.8. The van der Waals surface area contributed by atoms with Crippen molar-refractivity contribution in [3.8, 4) is 11.5 Å². The highest BCUT2D eigenvalue weighted by molar-refractivity contribution is 5.90. The van der Waals surface area contributed by atoms with Gasteiger partial charge in [0.25, 0.3) is 0 Å². The molecule has 2 aromatic rings. The second-order valence-electron chi connectivity index (χ2n) is 15.3. The van der Waals surface area contributed by atoms with Gasteiger partial charge in [-0.25, -0.2) is 9.59 Å². The van der Waals surface area contributed by atoms with Crippen LogP contribution in [0, 0.1) is 23.7 Å². The van der Waals surface area contributed by atoms with Gasteiger partial charge in [-0.3, -0.25) is 0 Å². The Bertz CT molecular complexity index is 1240. The lowest BCUT2D eigenvalue weighted by Crippen LogP contribution is -2.30. The van der Waals surface area contributed by atoms with Crippen molar-refractivity contribution in [1.82, 2.24) is 0 Å². The SMILES string of the molecule is CCCCC[C@H]1CC[C@H](C=CCOc2ccc(C(=O)O[C@H](C)[C@@H](C)OC(=O)c3ccc(OCC=C[C@H]4CC[C@H](CCCCC)CC4)cc3)cc2)CC1. The number of rotatable bonds is 21. The average molecular weight is 715 g/mol. The molecule has 286 valence electrons. The Morgan fingerprint density at radius 2 is 0.942 bits per heavy atom. The first kappa shape index (κ1) is 41.2. The molecule has 0 saturated heterocycles. The van der Waals surface area contributed by atoms with E-state index in [2.05, 4.69) is 38.2 Å².